The van der Waals surface area contributed by atoms with Gasteiger partial charge in [0, 0.05) is 5.69 Å². The van der Waals surface area contributed by atoms with E-state index in [1.165, 1.54) is 12.1 Å². The zero-order valence-electron chi connectivity index (χ0n) is 9.88. The summed E-state index contributed by atoms with van der Waals surface area (Å²) in [6, 6.07) is 6.76. The van der Waals surface area contributed by atoms with Gasteiger partial charge in [-0.25, -0.2) is 4.39 Å². The van der Waals surface area contributed by atoms with Crippen molar-refractivity contribution in [3.63, 3.8) is 0 Å². The van der Waals surface area contributed by atoms with Gasteiger partial charge >= 0.3 is 0 Å². The summed E-state index contributed by atoms with van der Waals surface area (Å²) in [5, 5.41) is 2.62. The van der Waals surface area contributed by atoms with E-state index in [1.807, 2.05) is 0 Å². The fraction of sp³-hybridized carbons (Fsp3) is 0. The SMILES string of the molecule is Nc1cccc(Cl)c1C(=O)Nc1c(Cl)cc(F)cc1Cl. The maximum Gasteiger partial charge on any atom is 0.259 e. The third-order valence-electron chi connectivity index (χ3n) is 2.52. The number of nitrogens with one attached hydrogen (secondary N) is 1. The van der Waals surface area contributed by atoms with Crippen LogP contribution in [0, 0.1) is 5.82 Å². The normalized spacial score (nSPS) is 10.4. The van der Waals surface area contributed by atoms with Gasteiger partial charge in [-0.15, -0.1) is 0 Å². The van der Waals surface area contributed by atoms with Crippen molar-refractivity contribution in [2.24, 2.45) is 0 Å². The Labute approximate surface area is 129 Å². The van der Waals surface area contributed by atoms with Gasteiger partial charge < -0.3 is 11.1 Å². The van der Waals surface area contributed by atoms with Crippen molar-refractivity contribution in [1.29, 1.82) is 0 Å². The first-order chi connectivity index (χ1) is 9.40. The Bertz CT molecular complexity index is 648. The Morgan fingerprint density at radius 2 is 1.70 bits per heavy atom. The van der Waals surface area contributed by atoms with Crippen molar-refractivity contribution in [3.8, 4) is 0 Å². The van der Waals surface area contributed by atoms with Gasteiger partial charge in [0.05, 0.1) is 26.3 Å². The largest absolute Gasteiger partial charge is 0.398 e. The highest BCUT2D eigenvalue weighted by molar-refractivity contribution is 6.40. The van der Waals surface area contributed by atoms with E-state index in [-0.39, 0.29) is 32.0 Å². The Balaban J connectivity index is 2.38. The molecule has 3 nitrogen and oxygen atoms in total. The Hall–Kier alpha value is -1.49. The molecule has 0 unspecified atom stereocenters. The van der Waals surface area contributed by atoms with E-state index in [1.54, 1.807) is 6.07 Å². The maximum absolute atomic E-state index is 13.1. The predicted octanol–water partition coefficient (Wildman–Crippen LogP) is 4.62. The van der Waals surface area contributed by atoms with E-state index in [0.29, 0.717) is 0 Å². The zero-order chi connectivity index (χ0) is 14.9. The molecule has 0 saturated heterocycles. The summed E-state index contributed by atoms with van der Waals surface area (Å²) in [5.41, 5.74) is 6.12. The standard InChI is InChI=1S/C13H8Cl3FN2O/c14-7-2-1-3-10(18)11(7)13(20)19-12-8(15)4-6(17)5-9(12)16/h1-5H,18H2,(H,19,20). The Morgan fingerprint density at radius 1 is 1.10 bits per heavy atom. The van der Waals surface area contributed by atoms with Crippen LogP contribution in [0.1, 0.15) is 10.4 Å². The highest BCUT2D eigenvalue weighted by atomic mass is 35.5. The Kier molecular flexibility index (Phi) is 4.38. The lowest BCUT2D eigenvalue weighted by Crippen LogP contribution is -2.15. The first-order valence-electron chi connectivity index (χ1n) is 5.40. The average molecular weight is 334 g/mol. The molecule has 2 aromatic rings. The van der Waals surface area contributed by atoms with Crippen LogP contribution < -0.4 is 11.1 Å². The molecule has 1 amide bonds. The first kappa shape index (κ1) is 14.9. The molecule has 3 N–H and O–H groups in total. The van der Waals surface area contributed by atoms with E-state index in [4.69, 9.17) is 40.5 Å². The third-order valence-corrected chi connectivity index (χ3v) is 3.43. The molecule has 0 heterocycles. The second kappa shape index (κ2) is 5.87. The highest BCUT2D eigenvalue weighted by Crippen LogP contribution is 2.32. The van der Waals surface area contributed by atoms with Crippen LogP contribution in [0.2, 0.25) is 15.1 Å². The van der Waals surface area contributed by atoms with Gasteiger partial charge in [-0.05, 0) is 24.3 Å². The molecular weight excluding hydrogens is 326 g/mol. The topological polar surface area (TPSA) is 55.1 Å². The summed E-state index contributed by atoms with van der Waals surface area (Å²) in [5.74, 6) is -1.18. The lowest BCUT2D eigenvalue weighted by Gasteiger charge is -2.11. The summed E-state index contributed by atoms with van der Waals surface area (Å²) in [6.07, 6.45) is 0. The highest BCUT2D eigenvalue weighted by Gasteiger charge is 2.17. The summed E-state index contributed by atoms with van der Waals surface area (Å²) < 4.78 is 13.1. The monoisotopic (exact) mass is 332 g/mol. The first-order valence-corrected chi connectivity index (χ1v) is 6.53. The van der Waals surface area contributed by atoms with Gasteiger partial charge in [-0.2, -0.15) is 0 Å². The number of nitrogen functional groups attached to an aromatic ring is 1. The fourth-order valence-electron chi connectivity index (χ4n) is 1.62. The van der Waals surface area contributed by atoms with Crippen molar-refractivity contribution in [1.82, 2.24) is 0 Å². The molecule has 0 atom stereocenters. The minimum atomic E-state index is -0.602. The molecule has 0 spiro atoms. The second-order valence-electron chi connectivity index (χ2n) is 3.90. The van der Waals surface area contributed by atoms with E-state index in [9.17, 15) is 9.18 Å². The van der Waals surface area contributed by atoms with Crippen LogP contribution >= 0.6 is 34.8 Å². The number of rotatable bonds is 2. The quantitative estimate of drug-likeness (QED) is 0.788. The number of carbonyl (C=O) groups excluding carboxylic acids is 1. The predicted molar refractivity (Wildman–Crippen MR) is 80.2 cm³/mol. The fourth-order valence-corrected chi connectivity index (χ4v) is 2.44. The van der Waals surface area contributed by atoms with E-state index in [0.717, 1.165) is 12.1 Å². The van der Waals surface area contributed by atoms with Crippen molar-refractivity contribution in [2.45, 2.75) is 0 Å². The van der Waals surface area contributed by atoms with E-state index in [2.05, 4.69) is 5.32 Å². The third kappa shape index (κ3) is 2.98. The minimum absolute atomic E-state index is 0.0195. The molecule has 0 fully saturated rings. The molecule has 0 aliphatic rings. The van der Waals surface area contributed by atoms with Crippen molar-refractivity contribution < 1.29 is 9.18 Å². The van der Waals surface area contributed by atoms with Crippen LogP contribution in [0.25, 0.3) is 0 Å². The van der Waals surface area contributed by atoms with Gasteiger partial charge in [0.15, 0.2) is 0 Å². The minimum Gasteiger partial charge on any atom is -0.398 e. The molecule has 20 heavy (non-hydrogen) atoms. The smallest absolute Gasteiger partial charge is 0.259 e. The van der Waals surface area contributed by atoms with E-state index < -0.39 is 11.7 Å². The van der Waals surface area contributed by atoms with Crippen LogP contribution in [-0.4, -0.2) is 5.91 Å². The number of carbonyl (C=O) groups is 1. The number of halogens is 4. The number of amides is 1. The summed E-state index contributed by atoms with van der Waals surface area (Å²) in [6.45, 7) is 0. The summed E-state index contributed by atoms with van der Waals surface area (Å²) >= 11 is 17.6. The van der Waals surface area contributed by atoms with Crippen LogP contribution in [0.4, 0.5) is 15.8 Å². The van der Waals surface area contributed by atoms with Crippen LogP contribution in [0.3, 0.4) is 0 Å². The van der Waals surface area contributed by atoms with Gasteiger partial charge in [0.25, 0.3) is 5.91 Å². The lowest BCUT2D eigenvalue weighted by atomic mass is 10.1. The van der Waals surface area contributed by atoms with Crippen molar-refractivity contribution in [2.75, 3.05) is 11.1 Å². The number of benzene rings is 2. The van der Waals surface area contributed by atoms with E-state index >= 15 is 0 Å². The molecule has 0 aliphatic carbocycles. The number of nitrogens with two attached hydrogens (primary N) is 1. The number of anilines is 2. The molecule has 2 aromatic carbocycles. The van der Waals surface area contributed by atoms with Crippen LogP contribution in [0.15, 0.2) is 30.3 Å². The number of hydrogen-bond donors (Lipinski definition) is 2. The molecule has 0 radical (unpaired) electrons. The molecule has 0 bridgehead atoms. The molecule has 0 aromatic heterocycles. The molecule has 0 saturated carbocycles. The average Bonchev–Trinajstić information content (AvgIpc) is 2.33. The Morgan fingerprint density at radius 3 is 2.25 bits per heavy atom. The van der Waals surface area contributed by atoms with Crippen LogP contribution in [0.5, 0.6) is 0 Å². The molecule has 2 rings (SSSR count). The maximum atomic E-state index is 13.1. The number of hydrogen-bond acceptors (Lipinski definition) is 2. The molecule has 0 aliphatic heterocycles. The molecule has 104 valence electrons. The van der Waals surface area contributed by atoms with Crippen molar-refractivity contribution in [3.05, 3.63) is 56.8 Å². The summed E-state index contributed by atoms with van der Waals surface area (Å²) in [4.78, 5) is 12.2. The lowest BCUT2D eigenvalue weighted by molar-refractivity contribution is 0.102. The molecule has 7 heteroatoms. The van der Waals surface area contributed by atoms with Crippen molar-refractivity contribution >= 4 is 52.1 Å². The van der Waals surface area contributed by atoms with Crippen LogP contribution in [-0.2, 0) is 0 Å². The zero-order valence-corrected chi connectivity index (χ0v) is 12.2. The van der Waals surface area contributed by atoms with Gasteiger partial charge in [0.2, 0.25) is 0 Å². The molecular formula is C13H8Cl3FN2O. The van der Waals surface area contributed by atoms with Gasteiger partial charge in [0.1, 0.15) is 5.82 Å². The summed E-state index contributed by atoms with van der Waals surface area (Å²) in [7, 11) is 0. The second-order valence-corrected chi connectivity index (χ2v) is 5.12. The van der Waals surface area contributed by atoms with Gasteiger partial charge in [-0.3, -0.25) is 4.79 Å². The van der Waals surface area contributed by atoms with Gasteiger partial charge in [-0.1, -0.05) is 40.9 Å².